The average molecular weight is 287 g/mol. The van der Waals surface area contributed by atoms with E-state index in [0.717, 1.165) is 6.20 Å². The molecule has 0 aliphatic rings. The number of nitrogens with one attached hydrogen (secondary N) is 1. The lowest BCUT2D eigenvalue weighted by Crippen LogP contribution is -2.15. The Bertz CT molecular complexity index is 700. The second-order valence-electron chi connectivity index (χ2n) is 4.27. The quantitative estimate of drug-likeness (QED) is 0.688. The van der Waals surface area contributed by atoms with E-state index in [-0.39, 0.29) is 11.5 Å². The van der Waals surface area contributed by atoms with Gasteiger partial charge in [-0.25, -0.2) is 4.98 Å². The normalized spacial score (nSPS) is 10.0. The number of anilines is 1. The molecule has 0 bridgehead atoms. The van der Waals surface area contributed by atoms with Crippen LogP contribution in [0.25, 0.3) is 0 Å². The minimum Gasteiger partial charge on any atom is -0.496 e. The number of para-hydroxylation sites is 1. The summed E-state index contributed by atoms with van der Waals surface area (Å²) < 4.78 is 5.11. The lowest BCUT2D eigenvalue weighted by atomic mass is 10.2. The van der Waals surface area contributed by atoms with Gasteiger partial charge < -0.3 is 10.1 Å². The fraction of sp³-hybridized carbons (Fsp3) is 0.143. The van der Waals surface area contributed by atoms with Gasteiger partial charge in [-0.3, -0.25) is 14.9 Å². The number of ether oxygens (including phenoxy) is 1. The number of carbonyl (C=O) groups is 1. The largest absolute Gasteiger partial charge is 0.496 e. The van der Waals surface area contributed by atoms with Crippen molar-refractivity contribution < 1.29 is 14.5 Å². The molecular weight excluding hydrogens is 274 g/mol. The van der Waals surface area contributed by atoms with Gasteiger partial charge in [-0.15, -0.1) is 0 Å². The van der Waals surface area contributed by atoms with Crippen molar-refractivity contribution in [2.45, 2.75) is 6.92 Å². The number of pyridine rings is 1. The molecule has 108 valence electrons. The number of carbonyl (C=O) groups excluding carboxylic acids is 1. The number of aryl methyl sites for hydroxylation is 1. The highest BCUT2D eigenvalue weighted by molar-refractivity contribution is 6.06. The van der Waals surface area contributed by atoms with E-state index in [1.807, 2.05) is 0 Å². The Morgan fingerprint density at radius 2 is 2.10 bits per heavy atom. The van der Waals surface area contributed by atoms with E-state index >= 15 is 0 Å². The number of nitrogens with zero attached hydrogens (tertiary/aromatic N) is 2. The molecule has 0 atom stereocenters. The maximum absolute atomic E-state index is 12.2. The number of nitro groups is 1. The smallest absolute Gasteiger partial charge is 0.287 e. The highest BCUT2D eigenvalue weighted by Gasteiger charge is 2.15. The summed E-state index contributed by atoms with van der Waals surface area (Å²) in [7, 11) is 1.47. The fourth-order valence-corrected chi connectivity index (χ4v) is 1.80. The van der Waals surface area contributed by atoms with Gasteiger partial charge in [-0.2, -0.15) is 0 Å². The standard InChI is InChI=1S/C14H13N3O4/c1-9-7-10(17(19)20)8-15-13(9)16-14(18)11-5-3-4-6-12(11)21-2/h3-8H,1-2H3,(H,15,16,18). The lowest BCUT2D eigenvalue weighted by molar-refractivity contribution is -0.385. The lowest BCUT2D eigenvalue weighted by Gasteiger charge is -2.09. The molecule has 2 rings (SSSR count). The number of hydrogen-bond acceptors (Lipinski definition) is 5. The minimum absolute atomic E-state index is 0.122. The van der Waals surface area contributed by atoms with Crippen molar-refractivity contribution in [2.75, 3.05) is 12.4 Å². The molecule has 0 unspecified atom stereocenters. The van der Waals surface area contributed by atoms with Crippen LogP contribution in [0, 0.1) is 17.0 Å². The molecule has 7 nitrogen and oxygen atoms in total. The van der Waals surface area contributed by atoms with Crippen molar-refractivity contribution in [1.82, 2.24) is 4.98 Å². The van der Waals surface area contributed by atoms with Gasteiger partial charge in [0.25, 0.3) is 11.6 Å². The Labute approximate surface area is 120 Å². The molecule has 0 aliphatic heterocycles. The van der Waals surface area contributed by atoms with Gasteiger partial charge in [0.05, 0.1) is 17.6 Å². The second-order valence-corrected chi connectivity index (χ2v) is 4.27. The Balaban J connectivity index is 2.26. The monoisotopic (exact) mass is 287 g/mol. The topological polar surface area (TPSA) is 94.4 Å². The van der Waals surface area contributed by atoms with Crippen molar-refractivity contribution in [3.63, 3.8) is 0 Å². The van der Waals surface area contributed by atoms with Gasteiger partial charge in [0.2, 0.25) is 0 Å². The first kappa shape index (κ1) is 14.4. The zero-order chi connectivity index (χ0) is 15.4. The number of benzene rings is 1. The molecular formula is C14H13N3O4. The number of aromatic nitrogens is 1. The maximum Gasteiger partial charge on any atom is 0.287 e. The van der Waals surface area contributed by atoms with Crippen LogP contribution in [0.2, 0.25) is 0 Å². The van der Waals surface area contributed by atoms with E-state index in [9.17, 15) is 14.9 Å². The highest BCUT2D eigenvalue weighted by atomic mass is 16.6. The van der Waals surface area contributed by atoms with Crippen LogP contribution in [0.3, 0.4) is 0 Å². The Kier molecular flexibility index (Phi) is 4.13. The average Bonchev–Trinajstić information content (AvgIpc) is 2.48. The molecule has 1 aromatic carbocycles. The van der Waals surface area contributed by atoms with Crippen molar-refractivity contribution in [3.8, 4) is 5.75 Å². The number of methoxy groups -OCH3 is 1. The van der Waals surface area contributed by atoms with Crippen LogP contribution in [0.1, 0.15) is 15.9 Å². The summed E-state index contributed by atoms with van der Waals surface area (Å²) in [5.41, 5.74) is 0.745. The van der Waals surface area contributed by atoms with Gasteiger partial charge in [0.15, 0.2) is 0 Å². The summed E-state index contributed by atoms with van der Waals surface area (Å²) in [5, 5.41) is 13.3. The summed E-state index contributed by atoms with van der Waals surface area (Å²) >= 11 is 0. The molecule has 1 aromatic heterocycles. The van der Waals surface area contributed by atoms with E-state index in [4.69, 9.17) is 4.74 Å². The van der Waals surface area contributed by atoms with Crippen LogP contribution >= 0.6 is 0 Å². The summed E-state index contributed by atoms with van der Waals surface area (Å²) in [5.74, 6) is 0.322. The van der Waals surface area contributed by atoms with Gasteiger partial charge in [-0.1, -0.05) is 12.1 Å². The molecule has 1 heterocycles. The molecule has 0 spiro atoms. The van der Waals surface area contributed by atoms with Crippen LogP contribution in [0.4, 0.5) is 11.5 Å². The van der Waals surface area contributed by atoms with Crippen molar-refractivity contribution >= 4 is 17.4 Å². The third-order valence-electron chi connectivity index (χ3n) is 2.86. The highest BCUT2D eigenvalue weighted by Crippen LogP contribution is 2.21. The molecule has 1 N–H and O–H groups in total. The van der Waals surface area contributed by atoms with E-state index in [2.05, 4.69) is 10.3 Å². The van der Waals surface area contributed by atoms with Gasteiger partial charge in [0, 0.05) is 6.07 Å². The summed E-state index contributed by atoms with van der Waals surface area (Å²) in [6.07, 6.45) is 1.10. The fourth-order valence-electron chi connectivity index (χ4n) is 1.80. The Morgan fingerprint density at radius 1 is 1.38 bits per heavy atom. The van der Waals surface area contributed by atoms with Crippen molar-refractivity contribution in [3.05, 3.63) is 57.8 Å². The predicted octanol–water partition coefficient (Wildman–Crippen LogP) is 2.56. The summed E-state index contributed by atoms with van der Waals surface area (Å²) in [6.45, 7) is 1.64. The second kappa shape index (κ2) is 6.00. The molecule has 0 saturated heterocycles. The van der Waals surface area contributed by atoms with E-state index in [1.165, 1.54) is 13.2 Å². The molecule has 2 aromatic rings. The van der Waals surface area contributed by atoms with E-state index < -0.39 is 10.8 Å². The number of hydrogen-bond donors (Lipinski definition) is 1. The molecule has 0 fully saturated rings. The number of rotatable bonds is 4. The first-order valence-corrected chi connectivity index (χ1v) is 6.08. The van der Waals surface area contributed by atoms with Gasteiger partial charge in [0.1, 0.15) is 17.8 Å². The third-order valence-corrected chi connectivity index (χ3v) is 2.86. The molecule has 0 saturated carbocycles. The minimum atomic E-state index is -0.536. The van der Waals surface area contributed by atoms with Gasteiger partial charge in [-0.05, 0) is 24.6 Å². The first-order valence-electron chi connectivity index (χ1n) is 6.08. The van der Waals surface area contributed by atoms with Crippen molar-refractivity contribution in [2.24, 2.45) is 0 Å². The van der Waals surface area contributed by atoms with Gasteiger partial charge >= 0.3 is 0 Å². The Hall–Kier alpha value is -2.96. The van der Waals surface area contributed by atoms with E-state index in [1.54, 1.807) is 31.2 Å². The SMILES string of the molecule is COc1ccccc1C(=O)Nc1ncc([N+](=O)[O-])cc1C. The zero-order valence-corrected chi connectivity index (χ0v) is 11.5. The molecule has 7 heteroatoms. The van der Waals surface area contributed by atoms with Crippen LogP contribution in [-0.2, 0) is 0 Å². The predicted molar refractivity (Wildman–Crippen MR) is 76.6 cm³/mol. The first-order chi connectivity index (χ1) is 10.0. The van der Waals surface area contributed by atoms with Crippen LogP contribution in [0.15, 0.2) is 36.5 Å². The molecule has 0 radical (unpaired) electrons. The van der Waals surface area contributed by atoms with E-state index in [0.29, 0.717) is 16.9 Å². The zero-order valence-electron chi connectivity index (χ0n) is 11.5. The summed E-state index contributed by atoms with van der Waals surface area (Å²) in [6, 6.07) is 8.11. The Morgan fingerprint density at radius 3 is 2.71 bits per heavy atom. The van der Waals surface area contributed by atoms with Crippen LogP contribution in [0.5, 0.6) is 5.75 Å². The molecule has 1 amide bonds. The third kappa shape index (κ3) is 3.14. The molecule has 0 aliphatic carbocycles. The maximum atomic E-state index is 12.2. The van der Waals surface area contributed by atoms with Crippen LogP contribution in [-0.4, -0.2) is 22.9 Å². The number of amides is 1. The van der Waals surface area contributed by atoms with Crippen molar-refractivity contribution in [1.29, 1.82) is 0 Å². The molecule has 21 heavy (non-hydrogen) atoms. The van der Waals surface area contributed by atoms with Crippen LogP contribution < -0.4 is 10.1 Å². The summed E-state index contributed by atoms with van der Waals surface area (Å²) in [4.78, 5) is 26.2.